The van der Waals surface area contributed by atoms with E-state index in [1.807, 2.05) is 0 Å². The van der Waals surface area contributed by atoms with E-state index in [9.17, 15) is 0 Å². The minimum absolute atomic E-state index is 0.749. The first-order valence-electron chi connectivity index (χ1n) is 4.08. The number of rotatable bonds is 6. The zero-order valence-electron chi connectivity index (χ0n) is 6.90. The van der Waals surface area contributed by atoms with Gasteiger partial charge in [-0.2, -0.15) is 0 Å². The smallest absolute Gasteiger partial charge is 0.0987 e. The lowest BCUT2D eigenvalue weighted by Gasteiger charge is -2.10. The van der Waals surface area contributed by atoms with Crippen LogP contribution in [0.25, 0.3) is 0 Å². The van der Waals surface area contributed by atoms with Gasteiger partial charge in [0.25, 0.3) is 0 Å². The lowest BCUT2D eigenvalue weighted by molar-refractivity contribution is 0.280. The van der Waals surface area contributed by atoms with Crippen molar-refractivity contribution in [2.45, 2.75) is 39.5 Å². The van der Waals surface area contributed by atoms with Gasteiger partial charge in [-0.15, -0.1) is 0 Å². The molecule has 1 unspecified atom stereocenters. The minimum Gasteiger partial charge on any atom is -0.308 e. The van der Waals surface area contributed by atoms with Crippen molar-refractivity contribution in [3.63, 3.8) is 0 Å². The molecule has 0 aliphatic carbocycles. The lowest BCUT2D eigenvalue weighted by Crippen LogP contribution is -2.04. The SMILES string of the molecule is CCCCC(CC)COBr. The summed E-state index contributed by atoms with van der Waals surface area (Å²) in [5.41, 5.74) is 0. The Hall–Kier alpha value is 0.440. The first kappa shape index (κ1) is 10.4. The van der Waals surface area contributed by atoms with Crippen molar-refractivity contribution in [3.05, 3.63) is 0 Å². The fourth-order valence-electron chi connectivity index (χ4n) is 0.987. The summed E-state index contributed by atoms with van der Waals surface area (Å²) >= 11 is 2.98. The maximum absolute atomic E-state index is 4.90. The zero-order chi connectivity index (χ0) is 7.82. The molecule has 0 radical (unpaired) electrons. The van der Waals surface area contributed by atoms with Gasteiger partial charge in [0, 0.05) is 0 Å². The summed E-state index contributed by atoms with van der Waals surface area (Å²) in [6.45, 7) is 5.30. The summed E-state index contributed by atoms with van der Waals surface area (Å²) in [4.78, 5) is 0. The third kappa shape index (κ3) is 5.24. The van der Waals surface area contributed by atoms with Crippen molar-refractivity contribution in [3.8, 4) is 0 Å². The van der Waals surface area contributed by atoms with Gasteiger partial charge in [0.1, 0.15) is 0 Å². The van der Waals surface area contributed by atoms with E-state index < -0.39 is 0 Å². The Kier molecular flexibility index (Phi) is 7.88. The summed E-state index contributed by atoms with van der Waals surface area (Å²) < 4.78 is 4.90. The van der Waals surface area contributed by atoms with Gasteiger partial charge < -0.3 is 3.83 Å². The third-order valence-corrected chi connectivity index (χ3v) is 2.11. The summed E-state index contributed by atoms with van der Waals surface area (Å²) in [7, 11) is 0. The van der Waals surface area contributed by atoms with E-state index >= 15 is 0 Å². The van der Waals surface area contributed by atoms with Crippen LogP contribution in [-0.2, 0) is 3.83 Å². The van der Waals surface area contributed by atoms with Gasteiger partial charge in [-0.1, -0.05) is 33.1 Å². The molecular weight excluding hydrogens is 192 g/mol. The summed E-state index contributed by atoms with van der Waals surface area (Å²) in [6, 6.07) is 0. The molecule has 0 bridgehead atoms. The molecule has 0 amide bonds. The number of halogens is 1. The van der Waals surface area contributed by atoms with Crippen LogP contribution in [0.2, 0.25) is 0 Å². The first-order chi connectivity index (χ1) is 4.85. The first-order valence-corrected chi connectivity index (χ1v) is 4.73. The lowest BCUT2D eigenvalue weighted by atomic mass is 10.0. The molecule has 0 rings (SSSR count). The predicted molar refractivity (Wildman–Crippen MR) is 48.2 cm³/mol. The maximum Gasteiger partial charge on any atom is 0.0987 e. The van der Waals surface area contributed by atoms with Crippen molar-refractivity contribution in [1.82, 2.24) is 0 Å². The fraction of sp³-hybridized carbons (Fsp3) is 1.00. The van der Waals surface area contributed by atoms with E-state index in [1.54, 1.807) is 0 Å². The molecule has 1 atom stereocenters. The molecule has 0 aromatic heterocycles. The van der Waals surface area contributed by atoms with E-state index in [0.29, 0.717) is 0 Å². The molecule has 0 saturated heterocycles. The Morgan fingerprint density at radius 2 is 2.10 bits per heavy atom. The van der Waals surface area contributed by atoms with Crippen molar-refractivity contribution in [1.29, 1.82) is 0 Å². The maximum atomic E-state index is 4.90. The molecule has 0 aromatic rings. The standard InChI is InChI=1S/C8H17BrO/c1-3-5-6-8(4-2)7-10-9/h8H,3-7H2,1-2H3. The highest BCUT2D eigenvalue weighted by atomic mass is 79.9. The zero-order valence-corrected chi connectivity index (χ0v) is 8.49. The van der Waals surface area contributed by atoms with Gasteiger partial charge in [0.05, 0.1) is 22.9 Å². The third-order valence-electron chi connectivity index (χ3n) is 1.84. The number of hydrogen-bond donors (Lipinski definition) is 0. The summed E-state index contributed by atoms with van der Waals surface area (Å²) in [6.07, 6.45) is 5.15. The van der Waals surface area contributed by atoms with E-state index in [0.717, 1.165) is 12.5 Å². The average molecular weight is 209 g/mol. The highest BCUT2D eigenvalue weighted by molar-refractivity contribution is 9.06. The van der Waals surface area contributed by atoms with Crippen molar-refractivity contribution in [2.24, 2.45) is 5.92 Å². The van der Waals surface area contributed by atoms with Gasteiger partial charge in [0.2, 0.25) is 0 Å². The molecular formula is C8H17BrO. The van der Waals surface area contributed by atoms with Crippen molar-refractivity contribution < 1.29 is 3.83 Å². The van der Waals surface area contributed by atoms with Crippen LogP contribution in [0.15, 0.2) is 0 Å². The minimum atomic E-state index is 0.749. The Morgan fingerprint density at radius 3 is 2.50 bits per heavy atom. The predicted octanol–water partition coefficient (Wildman–Crippen LogP) is 3.53. The number of unbranched alkanes of at least 4 members (excludes halogenated alkanes) is 1. The topological polar surface area (TPSA) is 9.23 Å². The van der Waals surface area contributed by atoms with E-state index in [2.05, 4.69) is 30.1 Å². The van der Waals surface area contributed by atoms with Gasteiger partial charge >= 0.3 is 0 Å². The van der Waals surface area contributed by atoms with Crippen LogP contribution < -0.4 is 0 Å². The van der Waals surface area contributed by atoms with Crippen LogP contribution in [0, 0.1) is 5.92 Å². The van der Waals surface area contributed by atoms with Crippen LogP contribution in [0.5, 0.6) is 0 Å². The Morgan fingerprint density at radius 1 is 1.40 bits per heavy atom. The largest absolute Gasteiger partial charge is 0.308 e. The monoisotopic (exact) mass is 208 g/mol. The molecule has 62 valence electrons. The molecule has 0 saturated carbocycles. The molecule has 0 heterocycles. The highest BCUT2D eigenvalue weighted by Crippen LogP contribution is 2.13. The van der Waals surface area contributed by atoms with Gasteiger partial charge in [-0.25, -0.2) is 0 Å². The highest BCUT2D eigenvalue weighted by Gasteiger charge is 2.03. The van der Waals surface area contributed by atoms with Crippen LogP contribution >= 0.6 is 16.3 Å². The molecule has 0 aromatic carbocycles. The molecule has 0 aliphatic heterocycles. The Balaban J connectivity index is 3.21. The fourth-order valence-corrected chi connectivity index (χ4v) is 1.36. The Bertz CT molecular complexity index is 66.3. The van der Waals surface area contributed by atoms with Crippen LogP contribution in [-0.4, -0.2) is 6.61 Å². The molecule has 10 heavy (non-hydrogen) atoms. The van der Waals surface area contributed by atoms with Crippen molar-refractivity contribution in [2.75, 3.05) is 6.61 Å². The molecule has 0 aliphatic rings. The van der Waals surface area contributed by atoms with E-state index in [1.165, 1.54) is 25.7 Å². The van der Waals surface area contributed by atoms with E-state index in [-0.39, 0.29) is 0 Å². The average Bonchev–Trinajstić information content (AvgIpc) is 1.98. The molecule has 1 nitrogen and oxygen atoms in total. The second kappa shape index (κ2) is 7.55. The van der Waals surface area contributed by atoms with Gasteiger partial charge in [-0.3, -0.25) is 0 Å². The molecule has 2 heteroatoms. The van der Waals surface area contributed by atoms with Crippen LogP contribution in [0.4, 0.5) is 0 Å². The number of hydrogen-bond acceptors (Lipinski definition) is 1. The van der Waals surface area contributed by atoms with Gasteiger partial charge in [0.15, 0.2) is 0 Å². The molecule has 0 fully saturated rings. The molecule has 0 spiro atoms. The molecule has 0 N–H and O–H groups in total. The van der Waals surface area contributed by atoms with Gasteiger partial charge in [-0.05, 0) is 12.3 Å². The second-order valence-corrected chi connectivity index (χ2v) is 3.15. The Labute approximate surface area is 72.6 Å². The normalized spacial score (nSPS) is 13.5. The van der Waals surface area contributed by atoms with Crippen LogP contribution in [0.1, 0.15) is 39.5 Å². The van der Waals surface area contributed by atoms with E-state index in [4.69, 9.17) is 3.83 Å². The second-order valence-electron chi connectivity index (χ2n) is 2.69. The summed E-state index contributed by atoms with van der Waals surface area (Å²) in [5.74, 6) is 0.749. The van der Waals surface area contributed by atoms with Crippen molar-refractivity contribution >= 4 is 16.3 Å². The summed E-state index contributed by atoms with van der Waals surface area (Å²) in [5, 5.41) is 0. The quantitative estimate of drug-likeness (QED) is 0.650. The van der Waals surface area contributed by atoms with Crippen LogP contribution in [0.3, 0.4) is 0 Å².